The molecule has 1 saturated carbocycles. The highest BCUT2D eigenvalue weighted by atomic mass is 32.2. The van der Waals surface area contributed by atoms with Crippen molar-refractivity contribution in [2.75, 3.05) is 26.2 Å². The fourth-order valence-electron chi connectivity index (χ4n) is 3.30. The number of aliphatic carboxylic acids is 1. The Labute approximate surface area is 145 Å². The number of aryl methyl sites for hydroxylation is 2. The Kier molecular flexibility index (Phi) is 4.58. The van der Waals surface area contributed by atoms with Crippen molar-refractivity contribution >= 4 is 21.9 Å². The van der Waals surface area contributed by atoms with Crippen LogP contribution < -0.4 is 0 Å². The number of hydrogen-bond acceptors (Lipinski definition) is 6. The van der Waals surface area contributed by atoms with E-state index in [2.05, 4.69) is 5.16 Å². The molecule has 1 aromatic heterocycles. The van der Waals surface area contributed by atoms with Gasteiger partial charge in [0.2, 0.25) is 15.9 Å². The van der Waals surface area contributed by atoms with Crippen molar-refractivity contribution in [1.82, 2.24) is 14.4 Å². The molecule has 2 unspecified atom stereocenters. The molecular weight excluding hydrogens is 350 g/mol. The summed E-state index contributed by atoms with van der Waals surface area (Å²) in [4.78, 5) is 25.0. The number of carbonyl (C=O) groups excluding carboxylic acids is 1. The highest BCUT2D eigenvalue weighted by Gasteiger charge is 2.50. The molecule has 1 aliphatic heterocycles. The molecule has 1 aromatic rings. The van der Waals surface area contributed by atoms with Gasteiger partial charge in [-0.15, -0.1) is 0 Å². The summed E-state index contributed by atoms with van der Waals surface area (Å²) in [6.07, 6.45) is 0.866. The summed E-state index contributed by atoms with van der Waals surface area (Å²) in [5.41, 5.74) is 0.317. The summed E-state index contributed by atoms with van der Waals surface area (Å²) in [5, 5.41) is 12.7. The topological polar surface area (TPSA) is 121 Å². The number of amides is 1. The van der Waals surface area contributed by atoms with Gasteiger partial charge in [0.05, 0.1) is 11.8 Å². The second-order valence-electron chi connectivity index (χ2n) is 6.52. The first-order valence-electron chi connectivity index (χ1n) is 8.18. The summed E-state index contributed by atoms with van der Waals surface area (Å²) < 4.78 is 32.0. The zero-order valence-electron chi connectivity index (χ0n) is 14.1. The van der Waals surface area contributed by atoms with E-state index in [1.807, 2.05) is 0 Å². The lowest BCUT2D eigenvalue weighted by Gasteiger charge is -2.22. The minimum Gasteiger partial charge on any atom is -0.481 e. The Hall–Kier alpha value is -1.94. The normalized spacial score (nSPS) is 24.8. The van der Waals surface area contributed by atoms with Crippen molar-refractivity contribution in [2.24, 2.45) is 11.8 Å². The van der Waals surface area contributed by atoms with Crippen molar-refractivity contribution in [2.45, 2.75) is 31.6 Å². The van der Waals surface area contributed by atoms with Gasteiger partial charge in [-0.2, -0.15) is 4.31 Å². The van der Waals surface area contributed by atoms with E-state index in [4.69, 9.17) is 9.63 Å². The van der Waals surface area contributed by atoms with Crippen LogP contribution >= 0.6 is 0 Å². The van der Waals surface area contributed by atoms with E-state index in [1.165, 1.54) is 4.31 Å². The minimum absolute atomic E-state index is 0.0837. The molecule has 0 radical (unpaired) electrons. The Morgan fingerprint density at radius 1 is 1.16 bits per heavy atom. The lowest BCUT2D eigenvalue weighted by atomic mass is 10.2. The van der Waals surface area contributed by atoms with Gasteiger partial charge < -0.3 is 14.5 Å². The average molecular weight is 371 g/mol. The second-order valence-corrected chi connectivity index (χ2v) is 8.40. The number of sulfonamides is 1. The van der Waals surface area contributed by atoms with E-state index in [-0.39, 0.29) is 29.7 Å². The number of carboxylic acids is 1. The molecule has 1 saturated heterocycles. The third-order valence-corrected chi connectivity index (χ3v) is 6.90. The van der Waals surface area contributed by atoms with Gasteiger partial charge in [-0.05, 0) is 26.7 Å². The molecule has 1 aliphatic carbocycles. The zero-order valence-corrected chi connectivity index (χ0v) is 15.0. The monoisotopic (exact) mass is 371 g/mol. The number of carboxylic acid groups (broad SMARTS) is 1. The van der Waals surface area contributed by atoms with Crippen molar-refractivity contribution in [3.8, 4) is 0 Å². The third kappa shape index (κ3) is 3.28. The van der Waals surface area contributed by atoms with E-state index in [9.17, 15) is 18.0 Å². The maximum atomic E-state index is 12.9. The van der Waals surface area contributed by atoms with Crippen molar-refractivity contribution in [3.05, 3.63) is 11.5 Å². The molecule has 25 heavy (non-hydrogen) atoms. The van der Waals surface area contributed by atoms with Crippen LogP contribution in [-0.4, -0.2) is 65.9 Å². The number of hydrogen-bond donors (Lipinski definition) is 1. The van der Waals surface area contributed by atoms with Crippen LogP contribution in [0.4, 0.5) is 0 Å². The predicted octanol–water partition coefficient (Wildman–Crippen LogP) is 0.235. The molecule has 3 rings (SSSR count). The molecule has 2 aliphatic rings. The van der Waals surface area contributed by atoms with Gasteiger partial charge in [-0.1, -0.05) is 5.16 Å². The molecule has 10 heteroatoms. The summed E-state index contributed by atoms with van der Waals surface area (Å²) in [6.45, 7) is 4.28. The van der Waals surface area contributed by atoms with Gasteiger partial charge in [0, 0.05) is 26.2 Å². The Bertz CT molecular complexity index is 783. The summed E-state index contributed by atoms with van der Waals surface area (Å²) in [6, 6.07) is 0. The highest BCUT2D eigenvalue weighted by molar-refractivity contribution is 7.89. The summed E-state index contributed by atoms with van der Waals surface area (Å²) in [7, 11) is -3.74. The lowest BCUT2D eigenvalue weighted by Crippen LogP contribution is -2.38. The zero-order chi connectivity index (χ0) is 18.4. The summed E-state index contributed by atoms with van der Waals surface area (Å²) in [5.74, 6) is -1.96. The largest absolute Gasteiger partial charge is 0.481 e. The first-order chi connectivity index (χ1) is 11.7. The SMILES string of the molecule is Cc1noc(C)c1S(=O)(=O)N1CCCN(C(=O)C2CC2C(=O)O)CC1. The lowest BCUT2D eigenvalue weighted by molar-refractivity contribution is -0.141. The van der Waals surface area contributed by atoms with Crippen LogP contribution in [-0.2, 0) is 19.6 Å². The van der Waals surface area contributed by atoms with E-state index in [1.54, 1.807) is 18.7 Å². The van der Waals surface area contributed by atoms with Gasteiger partial charge in [0.15, 0.2) is 5.76 Å². The second kappa shape index (κ2) is 6.41. The first kappa shape index (κ1) is 17.9. The van der Waals surface area contributed by atoms with E-state index < -0.39 is 27.8 Å². The van der Waals surface area contributed by atoms with Gasteiger partial charge in [-0.3, -0.25) is 9.59 Å². The van der Waals surface area contributed by atoms with Gasteiger partial charge in [0.1, 0.15) is 10.6 Å². The number of rotatable bonds is 4. The average Bonchev–Trinajstić information content (AvgIpc) is 3.30. The van der Waals surface area contributed by atoms with Crippen LogP contribution in [0.3, 0.4) is 0 Å². The van der Waals surface area contributed by atoms with Gasteiger partial charge in [0.25, 0.3) is 0 Å². The molecule has 0 spiro atoms. The fraction of sp³-hybridized carbons (Fsp3) is 0.667. The molecule has 0 aromatic carbocycles. The van der Waals surface area contributed by atoms with Crippen LogP contribution in [0.25, 0.3) is 0 Å². The minimum atomic E-state index is -3.74. The number of aromatic nitrogens is 1. The van der Waals surface area contributed by atoms with E-state index in [0.717, 1.165) is 0 Å². The Morgan fingerprint density at radius 2 is 1.88 bits per heavy atom. The van der Waals surface area contributed by atoms with Crippen molar-refractivity contribution < 1.29 is 27.6 Å². The maximum absolute atomic E-state index is 12.9. The van der Waals surface area contributed by atoms with Crippen LogP contribution in [0.1, 0.15) is 24.3 Å². The smallest absolute Gasteiger partial charge is 0.307 e. The molecule has 2 heterocycles. The molecule has 138 valence electrons. The highest BCUT2D eigenvalue weighted by Crippen LogP contribution is 2.40. The fourth-order valence-corrected chi connectivity index (χ4v) is 5.06. The number of carbonyl (C=O) groups is 2. The number of nitrogens with zero attached hydrogens (tertiary/aromatic N) is 3. The van der Waals surface area contributed by atoms with Gasteiger partial charge in [-0.25, -0.2) is 8.42 Å². The van der Waals surface area contributed by atoms with Crippen molar-refractivity contribution in [1.29, 1.82) is 0 Å². The Balaban J connectivity index is 1.70. The Morgan fingerprint density at radius 3 is 2.44 bits per heavy atom. The third-order valence-electron chi connectivity index (χ3n) is 4.76. The van der Waals surface area contributed by atoms with Crippen molar-refractivity contribution in [3.63, 3.8) is 0 Å². The van der Waals surface area contributed by atoms with E-state index in [0.29, 0.717) is 31.6 Å². The molecule has 1 N–H and O–H groups in total. The summed E-state index contributed by atoms with van der Waals surface area (Å²) >= 11 is 0. The van der Waals surface area contributed by atoms with Crippen LogP contribution in [0.15, 0.2) is 9.42 Å². The molecule has 1 amide bonds. The standard InChI is InChI=1S/C15H21N3O6S/c1-9-13(10(2)24-16-9)25(22,23)18-5-3-4-17(6-7-18)14(19)11-8-12(11)15(20)21/h11-12H,3-8H2,1-2H3,(H,20,21). The molecule has 2 fully saturated rings. The molecule has 0 bridgehead atoms. The first-order valence-corrected chi connectivity index (χ1v) is 9.62. The van der Waals surface area contributed by atoms with Crippen LogP contribution in [0.5, 0.6) is 0 Å². The maximum Gasteiger partial charge on any atom is 0.307 e. The molecule has 9 nitrogen and oxygen atoms in total. The predicted molar refractivity (Wildman–Crippen MR) is 85.2 cm³/mol. The van der Waals surface area contributed by atoms with Crippen LogP contribution in [0.2, 0.25) is 0 Å². The van der Waals surface area contributed by atoms with Crippen LogP contribution in [0, 0.1) is 25.7 Å². The molecule has 2 atom stereocenters. The quantitative estimate of drug-likeness (QED) is 0.804. The van der Waals surface area contributed by atoms with E-state index >= 15 is 0 Å². The van der Waals surface area contributed by atoms with Gasteiger partial charge >= 0.3 is 5.97 Å². The molecular formula is C15H21N3O6S.